The summed E-state index contributed by atoms with van der Waals surface area (Å²) in [5.74, 6) is 0.203. The molecule has 0 aromatic carbocycles. The number of carbonyl (C=O) groups is 1. The molecular formula is C9H8Br2N2O2. The highest BCUT2D eigenvalue weighted by molar-refractivity contribution is 9.11. The summed E-state index contributed by atoms with van der Waals surface area (Å²) in [7, 11) is 1.34. The number of methoxy groups -OCH3 is 1. The highest BCUT2D eigenvalue weighted by Crippen LogP contribution is 2.25. The number of halogens is 2. The first-order valence-electron chi connectivity index (χ1n) is 4.04. The number of rotatable bonds is 3. The molecule has 1 aromatic rings. The quantitative estimate of drug-likeness (QED) is 0.630. The first-order chi connectivity index (χ1) is 7.13. The Morgan fingerprint density at radius 1 is 1.67 bits per heavy atom. The number of hydrogen-bond acceptors (Lipinski definition) is 4. The van der Waals surface area contributed by atoms with Gasteiger partial charge in [0.25, 0.3) is 0 Å². The van der Waals surface area contributed by atoms with E-state index in [-0.39, 0.29) is 12.4 Å². The van der Waals surface area contributed by atoms with Crippen molar-refractivity contribution in [2.45, 2.75) is 6.42 Å². The van der Waals surface area contributed by atoms with Gasteiger partial charge < -0.3 is 4.74 Å². The van der Waals surface area contributed by atoms with E-state index in [1.807, 2.05) is 6.07 Å². The SMILES string of the molecule is COC(=O)C/C=N/c1ncc(Br)cc1Br. The van der Waals surface area contributed by atoms with Gasteiger partial charge in [-0.05, 0) is 37.9 Å². The highest BCUT2D eigenvalue weighted by atomic mass is 79.9. The van der Waals surface area contributed by atoms with E-state index in [0.29, 0.717) is 5.82 Å². The van der Waals surface area contributed by atoms with Crippen molar-refractivity contribution in [2.75, 3.05) is 7.11 Å². The lowest BCUT2D eigenvalue weighted by Crippen LogP contribution is -1.99. The molecule has 0 fully saturated rings. The number of carbonyl (C=O) groups excluding carboxylic acids is 1. The van der Waals surface area contributed by atoms with Gasteiger partial charge in [0.05, 0.1) is 18.0 Å². The number of ether oxygens (including phenoxy) is 1. The van der Waals surface area contributed by atoms with Gasteiger partial charge in [0, 0.05) is 16.9 Å². The minimum absolute atomic E-state index is 0.140. The molecule has 1 heterocycles. The van der Waals surface area contributed by atoms with Crippen LogP contribution in [0.25, 0.3) is 0 Å². The molecular weight excluding hydrogens is 328 g/mol. The van der Waals surface area contributed by atoms with Crippen LogP contribution in [0.5, 0.6) is 0 Å². The second-order valence-electron chi connectivity index (χ2n) is 2.55. The van der Waals surface area contributed by atoms with Gasteiger partial charge in [-0.3, -0.25) is 4.79 Å². The Labute approximate surface area is 104 Å². The Morgan fingerprint density at radius 3 is 3.00 bits per heavy atom. The fraction of sp³-hybridized carbons (Fsp3) is 0.222. The average molecular weight is 336 g/mol. The third-order valence-corrected chi connectivity index (χ3v) is 2.50. The minimum atomic E-state index is -0.327. The Balaban J connectivity index is 2.68. The number of aliphatic imine (C=N–C) groups is 1. The van der Waals surface area contributed by atoms with Crippen molar-refractivity contribution in [1.29, 1.82) is 0 Å². The zero-order valence-electron chi connectivity index (χ0n) is 7.91. The van der Waals surface area contributed by atoms with Gasteiger partial charge in [0.1, 0.15) is 0 Å². The molecule has 0 amide bonds. The van der Waals surface area contributed by atoms with Crippen molar-refractivity contribution >= 4 is 49.9 Å². The van der Waals surface area contributed by atoms with Crippen LogP contribution in [-0.2, 0) is 9.53 Å². The van der Waals surface area contributed by atoms with Crippen LogP contribution >= 0.6 is 31.9 Å². The normalized spacial score (nSPS) is 10.6. The molecule has 1 rings (SSSR count). The molecule has 0 saturated heterocycles. The van der Waals surface area contributed by atoms with Crippen LogP contribution in [0.1, 0.15) is 6.42 Å². The van der Waals surface area contributed by atoms with Crippen LogP contribution in [0.2, 0.25) is 0 Å². The summed E-state index contributed by atoms with van der Waals surface area (Å²) in [6.45, 7) is 0. The smallest absolute Gasteiger partial charge is 0.310 e. The van der Waals surface area contributed by atoms with Crippen LogP contribution < -0.4 is 0 Å². The Kier molecular flexibility index (Phi) is 4.90. The average Bonchev–Trinajstić information content (AvgIpc) is 2.21. The summed E-state index contributed by atoms with van der Waals surface area (Å²) in [6.07, 6.45) is 3.24. The van der Waals surface area contributed by atoms with E-state index in [4.69, 9.17) is 0 Å². The van der Waals surface area contributed by atoms with E-state index in [0.717, 1.165) is 8.95 Å². The summed E-state index contributed by atoms with van der Waals surface area (Å²) >= 11 is 6.59. The van der Waals surface area contributed by atoms with Gasteiger partial charge in [-0.2, -0.15) is 0 Å². The van der Waals surface area contributed by atoms with E-state index in [9.17, 15) is 4.79 Å². The third kappa shape index (κ3) is 4.09. The molecule has 0 saturated carbocycles. The molecule has 0 atom stereocenters. The van der Waals surface area contributed by atoms with Gasteiger partial charge in [0.2, 0.25) is 0 Å². The van der Waals surface area contributed by atoms with Crippen molar-refractivity contribution in [2.24, 2.45) is 4.99 Å². The zero-order chi connectivity index (χ0) is 11.3. The predicted molar refractivity (Wildman–Crippen MR) is 64.4 cm³/mol. The van der Waals surface area contributed by atoms with Crippen molar-refractivity contribution in [3.05, 3.63) is 21.2 Å². The maximum absolute atomic E-state index is 10.8. The predicted octanol–water partition coefficient (Wildman–Crippen LogP) is 2.87. The van der Waals surface area contributed by atoms with E-state index < -0.39 is 0 Å². The van der Waals surface area contributed by atoms with Gasteiger partial charge in [-0.15, -0.1) is 0 Å². The molecule has 1 aromatic heterocycles. The molecule has 0 aliphatic carbocycles. The summed E-state index contributed by atoms with van der Waals surface area (Å²) in [5.41, 5.74) is 0. The van der Waals surface area contributed by atoms with E-state index >= 15 is 0 Å². The lowest BCUT2D eigenvalue weighted by atomic mass is 10.4. The number of pyridine rings is 1. The van der Waals surface area contributed by atoms with Gasteiger partial charge in [-0.1, -0.05) is 0 Å². The molecule has 0 spiro atoms. The number of hydrogen-bond donors (Lipinski definition) is 0. The molecule has 0 unspecified atom stereocenters. The Morgan fingerprint density at radius 2 is 2.40 bits per heavy atom. The largest absolute Gasteiger partial charge is 0.469 e. The molecule has 0 radical (unpaired) electrons. The first-order valence-corrected chi connectivity index (χ1v) is 5.62. The molecule has 15 heavy (non-hydrogen) atoms. The summed E-state index contributed by atoms with van der Waals surface area (Å²) in [6, 6.07) is 1.83. The standard InChI is InChI=1S/C9H8Br2N2O2/c1-15-8(14)2-3-12-9-7(11)4-6(10)5-13-9/h3-5H,2H2,1H3/b12-3+. The second kappa shape index (κ2) is 5.97. The molecule has 0 bridgehead atoms. The van der Waals surface area contributed by atoms with Gasteiger partial charge in [0.15, 0.2) is 5.82 Å². The third-order valence-electron chi connectivity index (χ3n) is 1.49. The fourth-order valence-electron chi connectivity index (χ4n) is 0.792. The van der Waals surface area contributed by atoms with Crippen LogP contribution in [0.3, 0.4) is 0 Å². The maximum atomic E-state index is 10.8. The topological polar surface area (TPSA) is 51.5 Å². The highest BCUT2D eigenvalue weighted by Gasteiger charge is 2.00. The molecule has 0 aliphatic rings. The van der Waals surface area contributed by atoms with E-state index in [2.05, 4.69) is 46.6 Å². The van der Waals surface area contributed by atoms with Crippen molar-refractivity contribution in [1.82, 2.24) is 4.98 Å². The Bertz CT molecular complexity index is 394. The van der Waals surface area contributed by atoms with Crippen molar-refractivity contribution < 1.29 is 9.53 Å². The van der Waals surface area contributed by atoms with Gasteiger partial charge in [-0.25, -0.2) is 9.98 Å². The Hall–Kier alpha value is -0.750. The van der Waals surface area contributed by atoms with Crippen LogP contribution in [0.15, 0.2) is 26.2 Å². The number of nitrogens with zero attached hydrogens (tertiary/aromatic N) is 2. The number of esters is 1. The molecule has 0 aliphatic heterocycles. The molecule has 0 N–H and O–H groups in total. The van der Waals surface area contributed by atoms with Gasteiger partial charge >= 0.3 is 5.97 Å². The monoisotopic (exact) mass is 334 g/mol. The lowest BCUT2D eigenvalue weighted by Gasteiger charge is -1.97. The van der Waals surface area contributed by atoms with Crippen molar-refractivity contribution in [3.8, 4) is 0 Å². The van der Waals surface area contributed by atoms with Crippen LogP contribution in [0.4, 0.5) is 5.82 Å². The van der Waals surface area contributed by atoms with E-state index in [1.54, 1.807) is 6.20 Å². The molecule has 80 valence electrons. The summed E-state index contributed by atoms with van der Waals surface area (Å²) in [5, 5.41) is 0. The summed E-state index contributed by atoms with van der Waals surface area (Å²) in [4.78, 5) is 18.9. The first kappa shape index (κ1) is 12.3. The molecule has 6 heteroatoms. The van der Waals surface area contributed by atoms with E-state index in [1.165, 1.54) is 13.3 Å². The maximum Gasteiger partial charge on any atom is 0.310 e. The van der Waals surface area contributed by atoms with Crippen LogP contribution in [0, 0.1) is 0 Å². The zero-order valence-corrected chi connectivity index (χ0v) is 11.1. The second-order valence-corrected chi connectivity index (χ2v) is 4.32. The lowest BCUT2D eigenvalue weighted by molar-refractivity contribution is -0.139. The number of aromatic nitrogens is 1. The van der Waals surface area contributed by atoms with Crippen molar-refractivity contribution in [3.63, 3.8) is 0 Å². The minimum Gasteiger partial charge on any atom is -0.469 e. The summed E-state index contributed by atoms with van der Waals surface area (Å²) < 4.78 is 6.09. The van der Waals surface area contributed by atoms with Crippen LogP contribution in [-0.4, -0.2) is 24.3 Å². The fourth-order valence-corrected chi connectivity index (χ4v) is 1.88. The molecule has 4 nitrogen and oxygen atoms in total.